The largest absolute Gasteiger partial charge is 0.405 e. The summed E-state index contributed by atoms with van der Waals surface area (Å²) in [5.41, 5.74) is 2.51. The van der Waals surface area contributed by atoms with E-state index in [1.165, 1.54) is 11.8 Å². The van der Waals surface area contributed by atoms with Gasteiger partial charge >= 0.3 is 6.18 Å². The molecule has 2 aromatic carbocycles. The number of nitrogens with zero attached hydrogens (tertiary/aromatic N) is 1. The average molecular weight is 594 g/mol. The summed E-state index contributed by atoms with van der Waals surface area (Å²) in [5, 5.41) is 26.4. The first kappa shape index (κ1) is 30.9. The Morgan fingerprint density at radius 3 is 2.44 bits per heavy atom. The van der Waals surface area contributed by atoms with Crippen LogP contribution in [0, 0.1) is 5.92 Å². The van der Waals surface area contributed by atoms with Crippen LogP contribution >= 0.6 is 11.8 Å². The molecule has 2 aliphatic rings. The molecule has 0 saturated carbocycles. The van der Waals surface area contributed by atoms with Crippen molar-refractivity contribution >= 4 is 29.5 Å². The van der Waals surface area contributed by atoms with Gasteiger partial charge in [-0.1, -0.05) is 54.6 Å². The van der Waals surface area contributed by atoms with Gasteiger partial charge in [0.05, 0.1) is 18.0 Å². The van der Waals surface area contributed by atoms with Crippen LogP contribution in [0.1, 0.15) is 43.0 Å². The van der Waals surface area contributed by atoms with Crippen molar-refractivity contribution in [3.8, 4) is 0 Å². The molecule has 5 atom stereocenters. The number of aliphatic hydroxyl groups excluding tert-OH is 2. The van der Waals surface area contributed by atoms with Crippen molar-refractivity contribution in [2.24, 2.45) is 5.92 Å². The van der Waals surface area contributed by atoms with Crippen molar-refractivity contribution in [2.75, 3.05) is 12.4 Å². The van der Waals surface area contributed by atoms with Gasteiger partial charge in [0.25, 0.3) is 5.91 Å². The lowest BCUT2D eigenvalue weighted by atomic mass is 9.91. The number of halogens is 3. The highest BCUT2D eigenvalue weighted by Gasteiger charge is 2.49. The second-order valence-electron chi connectivity index (χ2n) is 11.0. The third kappa shape index (κ3) is 7.41. The number of hydrogen-bond donors (Lipinski definition) is 4. The number of aliphatic hydroxyl groups is 2. The number of fused-ring (bicyclic) bond motifs is 1. The summed E-state index contributed by atoms with van der Waals surface area (Å²) in [4.78, 5) is 40.8. The Labute approximate surface area is 240 Å². The molecule has 0 radical (unpaired) electrons. The van der Waals surface area contributed by atoms with Crippen molar-refractivity contribution in [2.45, 2.75) is 68.3 Å². The molecule has 12 heteroatoms. The minimum atomic E-state index is -4.62. The third-order valence-electron chi connectivity index (χ3n) is 7.53. The highest BCUT2D eigenvalue weighted by atomic mass is 32.2. The van der Waals surface area contributed by atoms with Gasteiger partial charge in [0.15, 0.2) is 0 Å². The first-order valence-electron chi connectivity index (χ1n) is 13.3. The highest BCUT2D eigenvalue weighted by molar-refractivity contribution is 8.00. The Kier molecular flexibility index (Phi) is 9.35. The van der Waals surface area contributed by atoms with Gasteiger partial charge < -0.3 is 25.7 Å². The SMILES string of the molecule is CC1(C)SCN(C(=O)[C@@H](O)C[C@@H](Cc2ccccc2)C(=O)N[C@H]2c3ccccc3C[C@H]2O)[C@@H]1C(=O)NCC(F)(F)F. The number of alkyl halides is 3. The zero-order valence-corrected chi connectivity index (χ0v) is 23.5. The van der Waals surface area contributed by atoms with E-state index in [1.54, 1.807) is 26.0 Å². The van der Waals surface area contributed by atoms with Crippen LogP contribution in [0.2, 0.25) is 0 Å². The molecule has 1 aliphatic carbocycles. The number of thioether (sulfide) groups is 1. The molecule has 4 N–H and O–H groups in total. The standard InChI is InChI=1S/C29H34F3N3O5S/c1-28(2)24(26(39)33-15-29(30,31)32)35(16-41-28)27(40)22(37)14-19(12-17-8-4-3-5-9-17)25(38)34-23-20-11-7-6-10-18(20)13-21(23)36/h3-11,19,21-24,36-37H,12-16H2,1-2H3,(H,33,39)(H,34,38)/t19-,21-,22+,23+,24-/m1/s1. The normalized spacial score (nSPS) is 23.0. The fraction of sp³-hybridized carbons (Fsp3) is 0.483. The van der Waals surface area contributed by atoms with Crippen molar-refractivity contribution < 1.29 is 37.8 Å². The zero-order valence-electron chi connectivity index (χ0n) is 22.7. The van der Waals surface area contributed by atoms with E-state index in [9.17, 15) is 37.8 Å². The number of amides is 3. The van der Waals surface area contributed by atoms with Crippen LogP contribution < -0.4 is 10.6 Å². The molecule has 41 heavy (non-hydrogen) atoms. The predicted octanol–water partition coefficient (Wildman–Crippen LogP) is 2.73. The molecule has 4 rings (SSSR count). The summed E-state index contributed by atoms with van der Waals surface area (Å²) < 4.78 is 37.3. The lowest BCUT2D eigenvalue weighted by molar-refractivity contribution is -0.150. The van der Waals surface area contributed by atoms with Gasteiger partial charge in [-0.3, -0.25) is 14.4 Å². The van der Waals surface area contributed by atoms with Gasteiger partial charge in [-0.25, -0.2) is 0 Å². The second kappa shape index (κ2) is 12.4. The summed E-state index contributed by atoms with van der Waals surface area (Å²) >= 11 is 1.21. The van der Waals surface area contributed by atoms with Crippen molar-refractivity contribution in [3.63, 3.8) is 0 Å². The number of nitrogens with one attached hydrogen (secondary N) is 2. The van der Waals surface area contributed by atoms with E-state index in [0.29, 0.717) is 6.42 Å². The third-order valence-corrected chi connectivity index (χ3v) is 8.91. The number of hydrogen-bond acceptors (Lipinski definition) is 6. The molecule has 2 aromatic rings. The maximum atomic E-state index is 13.6. The van der Waals surface area contributed by atoms with E-state index in [0.717, 1.165) is 21.6 Å². The Hall–Kier alpha value is -3.09. The first-order chi connectivity index (χ1) is 19.3. The van der Waals surface area contributed by atoms with Crippen LogP contribution in [0.15, 0.2) is 54.6 Å². The van der Waals surface area contributed by atoms with Gasteiger partial charge in [0, 0.05) is 17.1 Å². The molecule has 8 nitrogen and oxygen atoms in total. The van der Waals surface area contributed by atoms with E-state index in [1.807, 2.05) is 47.8 Å². The quantitative estimate of drug-likeness (QED) is 0.355. The van der Waals surface area contributed by atoms with Crippen molar-refractivity contribution in [1.29, 1.82) is 0 Å². The van der Waals surface area contributed by atoms with Crippen molar-refractivity contribution in [3.05, 3.63) is 71.3 Å². The highest BCUT2D eigenvalue weighted by Crippen LogP contribution is 2.40. The van der Waals surface area contributed by atoms with Gasteiger partial charge in [-0.05, 0) is 43.4 Å². The van der Waals surface area contributed by atoms with Gasteiger partial charge in [-0.2, -0.15) is 13.2 Å². The molecule has 0 unspecified atom stereocenters. The average Bonchev–Trinajstić information content (AvgIpc) is 3.41. The number of carbonyl (C=O) groups excluding carboxylic acids is 3. The predicted molar refractivity (Wildman–Crippen MR) is 148 cm³/mol. The molecule has 3 amide bonds. The van der Waals surface area contributed by atoms with Gasteiger partial charge in [0.1, 0.15) is 18.7 Å². The van der Waals surface area contributed by atoms with E-state index in [2.05, 4.69) is 5.32 Å². The number of benzene rings is 2. The van der Waals surface area contributed by atoms with E-state index in [4.69, 9.17) is 0 Å². The fourth-order valence-corrected chi connectivity index (χ4v) is 6.60. The number of rotatable bonds is 9. The fourth-order valence-electron chi connectivity index (χ4n) is 5.46. The van der Waals surface area contributed by atoms with Crippen LogP contribution in [0.3, 0.4) is 0 Å². The molecular weight excluding hydrogens is 559 g/mol. The Bertz CT molecular complexity index is 1260. The van der Waals surface area contributed by atoms with Crippen LogP contribution in [-0.4, -0.2) is 74.4 Å². The van der Waals surface area contributed by atoms with Gasteiger partial charge in [-0.15, -0.1) is 11.8 Å². The summed E-state index contributed by atoms with van der Waals surface area (Å²) in [6.07, 6.45) is -6.86. The Morgan fingerprint density at radius 2 is 1.76 bits per heavy atom. The number of carbonyl (C=O) groups is 3. The molecule has 1 fully saturated rings. The van der Waals surface area contributed by atoms with Crippen molar-refractivity contribution in [1.82, 2.24) is 15.5 Å². The van der Waals surface area contributed by atoms with E-state index < -0.39 is 65.4 Å². The maximum Gasteiger partial charge on any atom is 0.405 e. The molecule has 0 spiro atoms. The second-order valence-corrected chi connectivity index (χ2v) is 12.6. The first-order valence-corrected chi connectivity index (χ1v) is 14.3. The summed E-state index contributed by atoms with van der Waals surface area (Å²) in [5.74, 6) is -3.15. The lowest BCUT2D eigenvalue weighted by Gasteiger charge is -2.32. The van der Waals surface area contributed by atoms with E-state index in [-0.39, 0.29) is 18.7 Å². The minimum Gasteiger partial charge on any atom is -0.390 e. The minimum absolute atomic E-state index is 0.00635. The maximum absolute atomic E-state index is 13.6. The molecule has 0 bridgehead atoms. The molecule has 1 aliphatic heterocycles. The van der Waals surface area contributed by atoms with Gasteiger partial charge in [0.2, 0.25) is 11.8 Å². The summed E-state index contributed by atoms with van der Waals surface area (Å²) in [7, 11) is 0. The van der Waals surface area contributed by atoms with Crippen LogP contribution in [0.5, 0.6) is 0 Å². The molecule has 222 valence electrons. The Balaban J connectivity index is 1.51. The summed E-state index contributed by atoms with van der Waals surface area (Å²) in [6, 6.07) is 14.5. The topological polar surface area (TPSA) is 119 Å². The van der Waals surface area contributed by atoms with Crippen LogP contribution in [0.4, 0.5) is 13.2 Å². The zero-order chi connectivity index (χ0) is 29.9. The molecule has 1 heterocycles. The smallest absolute Gasteiger partial charge is 0.390 e. The monoisotopic (exact) mass is 593 g/mol. The van der Waals surface area contributed by atoms with Crippen LogP contribution in [-0.2, 0) is 27.2 Å². The lowest BCUT2D eigenvalue weighted by Crippen LogP contribution is -2.56. The van der Waals surface area contributed by atoms with Crippen LogP contribution in [0.25, 0.3) is 0 Å². The molecule has 0 aromatic heterocycles. The molecular formula is C29H34F3N3O5S. The van der Waals surface area contributed by atoms with E-state index >= 15 is 0 Å². The summed E-state index contributed by atoms with van der Waals surface area (Å²) in [6.45, 7) is 1.75. The molecule has 1 saturated heterocycles. The Morgan fingerprint density at radius 1 is 1.10 bits per heavy atom.